The molecule has 0 heterocycles. The highest BCUT2D eigenvalue weighted by Crippen LogP contribution is 2.49. The lowest BCUT2D eigenvalue weighted by atomic mass is 10.0. The second kappa shape index (κ2) is 6.73. The van der Waals surface area contributed by atoms with Crippen LogP contribution in [0.2, 0.25) is 0 Å². The summed E-state index contributed by atoms with van der Waals surface area (Å²) < 4.78 is 10.1. The van der Waals surface area contributed by atoms with Crippen LogP contribution in [-0.2, 0) is 0 Å². The SMILES string of the molecule is CCCCC(Br)c1cc(O)c(OC)c(O)c1OC. The van der Waals surface area contributed by atoms with Gasteiger partial charge in [-0.05, 0) is 12.5 Å². The van der Waals surface area contributed by atoms with Crippen molar-refractivity contribution in [2.75, 3.05) is 14.2 Å². The molecule has 0 aromatic heterocycles. The van der Waals surface area contributed by atoms with Crippen molar-refractivity contribution >= 4 is 15.9 Å². The highest BCUT2D eigenvalue weighted by molar-refractivity contribution is 9.09. The van der Waals surface area contributed by atoms with Gasteiger partial charge in [-0.15, -0.1) is 0 Å². The van der Waals surface area contributed by atoms with Crippen molar-refractivity contribution in [2.45, 2.75) is 31.0 Å². The molecule has 0 amide bonds. The molecule has 0 aliphatic carbocycles. The Morgan fingerprint density at radius 2 is 1.83 bits per heavy atom. The Bertz CT molecular complexity index is 406. The van der Waals surface area contributed by atoms with Crippen molar-refractivity contribution in [1.82, 2.24) is 0 Å². The van der Waals surface area contributed by atoms with Crippen LogP contribution in [0.15, 0.2) is 6.07 Å². The van der Waals surface area contributed by atoms with Crippen LogP contribution in [0.5, 0.6) is 23.0 Å². The summed E-state index contributed by atoms with van der Waals surface area (Å²) in [5.74, 6) is 0.108. The third kappa shape index (κ3) is 3.02. The van der Waals surface area contributed by atoms with Gasteiger partial charge in [0.1, 0.15) is 0 Å². The van der Waals surface area contributed by atoms with Gasteiger partial charge in [0.05, 0.1) is 14.2 Å². The van der Waals surface area contributed by atoms with Crippen molar-refractivity contribution < 1.29 is 19.7 Å². The molecule has 1 aromatic carbocycles. The van der Waals surface area contributed by atoms with Gasteiger partial charge in [0.25, 0.3) is 0 Å². The summed E-state index contributed by atoms with van der Waals surface area (Å²) in [6.07, 6.45) is 3.03. The lowest BCUT2D eigenvalue weighted by molar-refractivity contribution is 0.320. The average Bonchev–Trinajstić information content (AvgIpc) is 2.35. The van der Waals surface area contributed by atoms with E-state index in [0.29, 0.717) is 5.75 Å². The minimum Gasteiger partial charge on any atom is -0.504 e. The molecule has 0 spiro atoms. The summed E-state index contributed by atoms with van der Waals surface area (Å²) in [5, 5.41) is 19.8. The minimum atomic E-state index is -0.170. The molecule has 0 aliphatic heterocycles. The maximum absolute atomic E-state index is 9.99. The lowest BCUT2D eigenvalue weighted by Gasteiger charge is -2.18. The number of ether oxygens (including phenoxy) is 2. The first-order valence-electron chi connectivity index (χ1n) is 5.87. The number of methoxy groups -OCH3 is 2. The molecule has 18 heavy (non-hydrogen) atoms. The molecule has 0 aliphatic rings. The molecule has 102 valence electrons. The first kappa shape index (κ1) is 15.0. The molecule has 0 bridgehead atoms. The van der Waals surface area contributed by atoms with Crippen molar-refractivity contribution in [2.24, 2.45) is 0 Å². The van der Waals surface area contributed by atoms with Crippen molar-refractivity contribution in [3.8, 4) is 23.0 Å². The number of phenolic OH excluding ortho intramolecular Hbond substituents is 2. The van der Waals surface area contributed by atoms with Crippen LogP contribution in [0.1, 0.15) is 36.6 Å². The van der Waals surface area contributed by atoms with Crippen LogP contribution in [0.3, 0.4) is 0 Å². The van der Waals surface area contributed by atoms with E-state index in [4.69, 9.17) is 9.47 Å². The Kier molecular flexibility index (Phi) is 5.59. The first-order chi connectivity index (χ1) is 8.56. The Labute approximate surface area is 116 Å². The highest BCUT2D eigenvalue weighted by atomic mass is 79.9. The van der Waals surface area contributed by atoms with Gasteiger partial charge in [0, 0.05) is 10.4 Å². The van der Waals surface area contributed by atoms with E-state index >= 15 is 0 Å². The number of halogens is 1. The smallest absolute Gasteiger partial charge is 0.206 e. The number of unbranched alkanes of at least 4 members (excludes halogenated alkanes) is 1. The summed E-state index contributed by atoms with van der Waals surface area (Å²) in [7, 11) is 2.87. The van der Waals surface area contributed by atoms with Gasteiger partial charge in [0.2, 0.25) is 11.5 Å². The van der Waals surface area contributed by atoms with Gasteiger partial charge >= 0.3 is 0 Å². The number of alkyl halides is 1. The van der Waals surface area contributed by atoms with Gasteiger partial charge in [-0.2, -0.15) is 0 Å². The molecule has 0 saturated heterocycles. The maximum Gasteiger partial charge on any atom is 0.206 e. The molecule has 0 radical (unpaired) electrons. The third-order valence-corrected chi connectivity index (χ3v) is 3.73. The van der Waals surface area contributed by atoms with Gasteiger partial charge < -0.3 is 19.7 Å². The number of hydrogen-bond donors (Lipinski definition) is 2. The molecule has 2 N–H and O–H groups in total. The molecular formula is C13H19BrO4. The lowest BCUT2D eigenvalue weighted by Crippen LogP contribution is -1.98. The van der Waals surface area contributed by atoms with Crippen LogP contribution in [-0.4, -0.2) is 24.4 Å². The van der Waals surface area contributed by atoms with Gasteiger partial charge in [0.15, 0.2) is 11.5 Å². The van der Waals surface area contributed by atoms with Gasteiger partial charge in [-0.25, -0.2) is 0 Å². The van der Waals surface area contributed by atoms with Crippen molar-refractivity contribution in [3.05, 3.63) is 11.6 Å². The Hall–Kier alpha value is -1.10. The predicted octanol–water partition coefficient (Wildman–Crippen LogP) is 3.74. The van der Waals surface area contributed by atoms with Gasteiger partial charge in [-0.3, -0.25) is 0 Å². The van der Waals surface area contributed by atoms with E-state index in [1.807, 2.05) is 0 Å². The van der Waals surface area contributed by atoms with Gasteiger partial charge in [-0.1, -0.05) is 35.7 Å². The van der Waals surface area contributed by atoms with Crippen LogP contribution >= 0.6 is 15.9 Å². The van der Waals surface area contributed by atoms with E-state index in [9.17, 15) is 10.2 Å². The van der Waals surface area contributed by atoms with Crippen molar-refractivity contribution in [1.29, 1.82) is 0 Å². The average molecular weight is 319 g/mol. The molecular weight excluding hydrogens is 300 g/mol. The second-order valence-corrected chi connectivity index (χ2v) is 5.12. The highest BCUT2D eigenvalue weighted by Gasteiger charge is 2.22. The Morgan fingerprint density at radius 3 is 2.33 bits per heavy atom. The fraction of sp³-hybridized carbons (Fsp3) is 0.538. The van der Waals surface area contributed by atoms with Crippen LogP contribution in [0.4, 0.5) is 0 Å². The standard InChI is InChI=1S/C13H19BrO4/c1-4-5-6-9(14)8-7-10(15)13(18-3)11(16)12(8)17-2/h7,9,15-16H,4-6H2,1-3H3. The third-order valence-electron chi connectivity index (χ3n) is 2.77. The number of benzene rings is 1. The minimum absolute atomic E-state index is 0.0232. The van der Waals surface area contributed by atoms with Crippen molar-refractivity contribution in [3.63, 3.8) is 0 Å². The zero-order valence-electron chi connectivity index (χ0n) is 10.9. The Morgan fingerprint density at radius 1 is 1.22 bits per heavy atom. The van der Waals surface area contributed by atoms with Crippen LogP contribution < -0.4 is 9.47 Å². The first-order valence-corrected chi connectivity index (χ1v) is 6.79. The summed E-state index contributed by atoms with van der Waals surface area (Å²) in [6, 6.07) is 1.56. The molecule has 5 heteroatoms. The molecule has 1 atom stereocenters. The monoisotopic (exact) mass is 318 g/mol. The second-order valence-electron chi connectivity index (χ2n) is 4.01. The van der Waals surface area contributed by atoms with E-state index < -0.39 is 0 Å². The molecule has 1 aromatic rings. The Balaban J connectivity index is 3.19. The molecule has 1 unspecified atom stereocenters. The van der Waals surface area contributed by atoms with E-state index in [0.717, 1.165) is 24.8 Å². The zero-order valence-corrected chi connectivity index (χ0v) is 12.5. The molecule has 1 rings (SSSR count). The number of phenols is 2. The normalized spacial score (nSPS) is 12.2. The van der Waals surface area contributed by atoms with E-state index in [1.165, 1.54) is 14.2 Å². The quantitative estimate of drug-likeness (QED) is 0.784. The summed E-state index contributed by atoms with van der Waals surface area (Å²) in [5.41, 5.74) is 0.724. The summed E-state index contributed by atoms with van der Waals surface area (Å²) in [4.78, 5) is 0.0232. The number of rotatable bonds is 6. The number of hydrogen-bond acceptors (Lipinski definition) is 4. The topological polar surface area (TPSA) is 58.9 Å². The zero-order chi connectivity index (χ0) is 13.7. The molecule has 0 saturated carbocycles. The largest absolute Gasteiger partial charge is 0.504 e. The number of aromatic hydroxyl groups is 2. The van der Waals surface area contributed by atoms with Crippen LogP contribution in [0.25, 0.3) is 0 Å². The van der Waals surface area contributed by atoms with E-state index in [-0.39, 0.29) is 22.1 Å². The van der Waals surface area contributed by atoms with E-state index in [1.54, 1.807) is 6.07 Å². The van der Waals surface area contributed by atoms with Crippen LogP contribution in [0, 0.1) is 0 Å². The van der Waals surface area contributed by atoms with E-state index in [2.05, 4.69) is 22.9 Å². The fourth-order valence-corrected chi connectivity index (χ4v) is 2.49. The summed E-state index contributed by atoms with van der Waals surface area (Å²) >= 11 is 3.55. The fourth-order valence-electron chi connectivity index (χ4n) is 1.83. The molecule has 4 nitrogen and oxygen atoms in total. The molecule has 0 fully saturated rings. The summed E-state index contributed by atoms with van der Waals surface area (Å²) in [6.45, 7) is 2.11. The maximum atomic E-state index is 9.99. The predicted molar refractivity (Wildman–Crippen MR) is 74.1 cm³/mol.